The fourth-order valence-electron chi connectivity index (χ4n) is 3.69. The van der Waals surface area contributed by atoms with Gasteiger partial charge >= 0.3 is 0 Å². The van der Waals surface area contributed by atoms with Crippen LogP contribution in [-0.4, -0.2) is 58.8 Å². The monoisotopic (exact) mass is 383 g/mol. The van der Waals surface area contributed by atoms with Gasteiger partial charge in [0.15, 0.2) is 0 Å². The van der Waals surface area contributed by atoms with Crippen LogP contribution in [0.2, 0.25) is 0 Å². The Bertz CT molecular complexity index is 855. The molecule has 0 aliphatic carbocycles. The van der Waals surface area contributed by atoms with Crippen molar-refractivity contribution in [3.63, 3.8) is 0 Å². The first-order valence-corrected chi connectivity index (χ1v) is 9.36. The Labute approximate surface area is 162 Å². The molecule has 4 rings (SSSR count). The third-order valence-electron chi connectivity index (χ3n) is 5.26. The van der Waals surface area contributed by atoms with Crippen LogP contribution < -0.4 is 10.9 Å². The molecule has 2 unspecified atom stereocenters. The first-order valence-electron chi connectivity index (χ1n) is 9.36. The summed E-state index contributed by atoms with van der Waals surface area (Å²) in [5.41, 5.74) is 7.68. The highest BCUT2D eigenvalue weighted by Gasteiger charge is 2.34. The van der Waals surface area contributed by atoms with Gasteiger partial charge in [0.2, 0.25) is 5.91 Å². The molecular weight excluding hydrogens is 361 g/mol. The van der Waals surface area contributed by atoms with E-state index in [1.54, 1.807) is 28.3 Å². The number of carbonyl (C=O) groups is 2. The SMILES string of the molecule is O=C(c1cccc(F)c1)N1CCN(C(=O)C2CC(c3ccncc3)NN2)CC1. The van der Waals surface area contributed by atoms with Crippen molar-refractivity contribution >= 4 is 11.8 Å². The lowest BCUT2D eigenvalue weighted by atomic mass is 10.0. The van der Waals surface area contributed by atoms with E-state index in [0.717, 1.165) is 5.56 Å². The molecule has 0 radical (unpaired) electrons. The quantitative estimate of drug-likeness (QED) is 0.831. The summed E-state index contributed by atoms with van der Waals surface area (Å²) in [5.74, 6) is -0.602. The van der Waals surface area contributed by atoms with E-state index in [1.807, 2.05) is 12.1 Å². The van der Waals surface area contributed by atoms with Gasteiger partial charge in [0.25, 0.3) is 5.91 Å². The second-order valence-corrected chi connectivity index (χ2v) is 7.04. The van der Waals surface area contributed by atoms with Gasteiger partial charge in [0, 0.05) is 50.2 Å². The number of hydrogen-bond donors (Lipinski definition) is 2. The minimum absolute atomic E-state index is 0.0295. The Morgan fingerprint density at radius 1 is 1.00 bits per heavy atom. The number of hydrazine groups is 1. The Balaban J connectivity index is 1.31. The lowest BCUT2D eigenvalue weighted by Crippen LogP contribution is -2.54. The highest BCUT2D eigenvalue weighted by molar-refractivity contribution is 5.94. The highest BCUT2D eigenvalue weighted by atomic mass is 19.1. The van der Waals surface area contributed by atoms with Crippen molar-refractivity contribution < 1.29 is 14.0 Å². The predicted octanol–water partition coefficient (Wildman–Crippen LogP) is 1.11. The normalized spacial score (nSPS) is 22.3. The van der Waals surface area contributed by atoms with E-state index in [0.29, 0.717) is 38.2 Å². The Hall–Kier alpha value is -2.84. The molecule has 7 nitrogen and oxygen atoms in total. The number of benzene rings is 1. The summed E-state index contributed by atoms with van der Waals surface area (Å²) in [6.07, 6.45) is 4.13. The van der Waals surface area contributed by atoms with Crippen molar-refractivity contribution in [3.8, 4) is 0 Å². The largest absolute Gasteiger partial charge is 0.338 e. The molecule has 2 aromatic rings. The average Bonchev–Trinajstić information content (AvgIpc) is 3.24. The minimum atomic E-state index is -0.428. The zero-order valence-electron chi connectivity index (χ0n) is 15.3. The van der Waals surface area contributed by atoms with Crippen LogP contribution in [-0.2, 0) is 4.79 Å². The number of nitrogens with one attached hydrogen (secondary N) is 2. The van der Waals surface area contributed by atoms with E-state index < -0.39 is 5.82 Å². The van der Waals surface area contributed by atoms with Crippen molar-refractivity contribution in [1.29, 1.82) is 0 Å². The summed E-state index contributed by atoms with van der Waals surface area (Å²) in [6.45, 7) is 1.82. The summed E-state index contributed by atoms with van der Waals surface area (Å²) in [6, 6.07) is 9.32. The number of rotatable bonds is 3. The average molecular weight is 383 g/mol. The van der Waals surface area contributed by atoms with Crippen LogP contribution in [0.15, 0.2) is 48.8 Å². The van der Waals surface area contributed by atoms with Crippen LogP contribution in [0.3, 0.4) is 0 Å². The van der Waals surface area contributed by atoms with Gasteiger partial charge in [0.05, 0.1) is 0 Å². The lowest BCUT2D eigenvalue weighted by Gasteiger charge is -2.36. The number of amides is 2. The summed E-state index contributed by atoms with van der Waals surface area (Å²) in [4.78, 5) is 32.8. The van der Waals surface area contributed by atoms with Crippen LogP contribution in [0.5, 0.6) is 0 Å². The Morgan fingerprint density at radius 3 is 2.43 bits per heavy atom. The van der Waals surface area contributed by atoms with Gasteiger partial charge in [-0.05, 0) is 42.3 Å². The van der Waals surface area contributed by atoms with Crippen LogP contribution in [0.4, 0.5) is 4.39 Å². The zero-order valence-corrected chi connectivity index (χ0v) is 15.3. The van der Waals surface area contributed by atoms with Crippen LogP contribution in [0, 0.1) is 5.82 Å². The van der Waals surface area contributed by atoms with E-state index in [4.69, 9.17) is 0 Å². The van der Waals surface area contributed by atoms with Gasteiger partial charge in [-0.25, -0.2) is 15.2 Å². The fourth-order valence-corrected chi connectivity index (χ4v) is 3.69. The van der Waals surface area contributed by atoms with Crippen molar-refractivity contribution in [2.24, 2.45) is 0 Å². The van der Waals surface area contributed by atoms with E-state index in [-0.39, 0.29) is 23.9 Å². The topological polar surface area (TPSA) is 77.6 Å². The number of nitrogens with zero attached hydrogens (tertiary/aromatic N) is 3. The van der Waals surface area contributed by atoms with E-state index in [2.05, 4.69) is 15.8 Å². The van der Waals surface area contributed by atoms with Crippen molar-refractivity contribution in [2.45, 2.75) is 18.5 Å². The molecular formula is C20H22FN5O2. The molecule has 2 amide bonds. The van der Waals surface area contributed by atoms with Crippen LogP contribution >= 0.6 is 0 Å². The maximum atomic E-state index is 13.3. The van der Waals surface area contributed by atoms with E-state index >= 15 is 0 Å². The minimum Gasteiger partial charge on any atom is -0.338 e. The fraction of sp³-hybridized carbons (Fsp3) is 0.350. The van der Waals surface area contributed by atoms with Crippen molar-refractivity contribution in [2.75, 3.05) is 26.2 Å². The Kier molecular flexibility index (Phi) is 5.31. The van der Waals surface area contributed by atoms with E-state index in [1.165, 1.54) is 18.2 Å². The second kappa shape index (κ2) is 8.04. The number of carbonyl (C=O) groups excluding carboxylic acids is 2. The molecule has 2 aliphatic rings. The molecule has 0 spiro atoms. The molecule has 28 heavy (non-hydrogen) atoms. The van der Waals surface area contributed by atoms with Crippen molar-refractivity contribution in [3.05, 3.63) is 65.7 Å². The molecule has 0 saturated carbocycles. The van der Waals surface area contributed by atoms with Gasteiger partial charge in [-0.3, -0.25) is 14.6 Å². The van der Waals surface area contributed by atoms with Gasteiger partial charge in [0.1, 0.15) is 11.9 Å². The first-order chi connectivity index (χ1) is 13.6. The molecule has 2 aliphatic heterocycles. The van der Waals surface area contributed by atoms with Crippen molar-refractivity contribution in [1.82, 2.24) is 25.6 Å². The van der Waals surface area contributed by atoms with Gasteiger partial charge in [-0.2, -0.15) is 0 Å². The second-order valence-electron chi connectivity index (χ2n) is 7.04. The molecule has 2 saturated heterocycles. The highest BCUT2D eigenvalue weighted by Crippen LogP contribution is 2.23. The zero-order chi connectivity index (χ0) is 19.5. The third-order valence-corrected chi connectivity index (χ3v) is 5.26. The predicted molar refractivity (Wildman–Crippen MR) is 101 cm³/mol. The van der Waals surface area contributed by atoms with Gasteiger partial charge in [-0.1, -0.05) is 6.07 Å². The third kappa shape index (κ3) is 3.88. The molecule has 146 valence electrons. The van der Waals surface area contributed by atoms with Crippen LogP contribution in [0.1, 0.15) is 28.4 Å². The number of halogens is 1. The maximum Gasteiger partial charge on any atom is 0.254 e. The molecule has 2 N–H and O–H groups in total. The van der Waals surface area contributed by atoms with E-state index in [9.17, 15) is 14.0 Å². The molecule has 1 aromatic carbocycles. The summed E-state index contributed by atoms with van der Waals surface area (Å²) in [5, 5.41) is 0. The number of piperazine rings is 1. The number of hydrogen-bond acceptors (Lipinski definition) is 5. The smallest absolute Gasteiger partial charge is 0.254 e. The molecule has 2 fully saturated rings. The molecule has 3 heterocycles. The summed E-state index contributed by atoms with van der Waals surface area (Å²) < 4.78 is 13.3. The molecule has 2 atom stereocenters. The van der Waals surface area contributed by atoms with Gasteiger partial charge in [-0.15, -0.1) is 0 Å². The Morgan fingerprint density at radius 2 is 1.71 bits per heavy atom. The first kappa shape index (κ1) is 18.5. The van der Waals surface area contributed by atoms with Crippen LogP contribution in [0.25, 0.3) is 0 Å². The maximum absolute atomic E-state index is 13.3. The summed E-state index contributed by atoms with van der Waals surface area (Å²) >= 11 is 0. The molecule has 8 heteroatoms. The van der Waals surface area contributed by atoms with Gasteiger partial charge < -0.3 is 9.80 Å². The number of aromatic nitrogens is 1. The number of pyridine rings is 1. The standard InChI is InChI=1S/C20H22FN5O2/c21-16-3-1-2-15(12-16)19(27)25-8-10-26(11-9-25)20(28)18-13-17(23-24-18)14-4-6-22-7-5-14/h1-7,12,17-18,23-24H,8-11,13H2. The molecule has 1 aromatic heterocycles. The summed E-state index contributed by atoms with van der Waals surface area (Å²) in [7, 11) is 0. The molecule has 0 bridgehead atoms. The lowest BCUT2D eigenvalue weighted by molar-refractivity contribution is -0.134.